The van der Waals surface area contributed by atoms with E-state index in [2.05, 4.69) is 4.98 Å². The van der Waals surface area contributed by atoms with E-state index in [1.54, 1.807) is 0 Å². The van der Waals surface area contributed by atoms with E-state index in [-0.39, 0.29) is 17.9 Å². The minimum absolute atomic E-state index is 0.0269. The van der Waals surface area contributed by atoms with Gasteiger partial charge in [0.15, 0.2) is 5.78 Å². The normalized spacial score (nSPS) is 12.0. The Bertz CT molecular complexity index is 662. The molecule has 0 amide bonds. The van der Waals surface area contributed by atoms with Gasteiger partial charge in [0.2, 0.25) is 0 Å². The van der Waals surface area contributed by atoms with E-state index < -0.39 is 5.41 Å². The van der Waals surface area contributed by atoms with Gasteiger partial charge in [-0.3, -0.25) is 14.2 Å². The van der Waals surface area contributed by atoms with Gasteiger partial charge in [-0.1, -0.05) is 20.8 Å². The molecule has 0 aromatic carbocycles. The highest BCUT2D eigenvalue weighted by molar-refractivity contribution is 7.17. The van der Waals surface area contributed by atoms with Gasteiger partial charge in [0.25, 0.3) is 5.56 Å². The van der Waals surface area contributed by atoms with Crippen LogP contribution in [0.4, 0.5) is 0 Å². The number of thiophene rings is 1. The summed E-state index contributed by atoms with van der Waals surface area (Å²) < 4.78 is 2.02. The molecule has 2 aromatic rings. The third kappa shape index (κ3) is 2.22. The summed E-state index contributed by atoms with van der Waals surface area (Å²) in [7, 11) is 0. The maximum absolute atomic E-state index is 12.2. The fourth-order valence-corrected chi connectivity index (χ4v) is 2.51. The van der Waals surface area contributed by atoms with Gasteiger partial charge in [-0.2, -0.15) is 0 Å². The molecule has 0 bridgehead atoms. The molecule has 0 unspecified atom stereocenters. The highest BCUT2D eigenvalue weighted by Crippen LogP contribution is 2.20. The van der Waals surface area contributed by atoms with Gasteiger partial charge < -0.3 is 0 Å². The van der Waals surface area contributed by atoms with E-state index in [0.717, 1.165) is 11.1 Å². The lowest BCUT2D eigenvalue weighted by Gasteiger charge is -2.16. The molecule has 0 saturated carbocycles. The summed E-state index contributed by atoms with van der Waals surface area (Å²) in [6, 6.07) is 0. The molecule has 0 aliphatic carbocycles. The zero-order chi connectivity index (χ0) is 13.5. The molecule has 4 nitrogen and oxygen atoms in total. The van der Waals surface area contributed by atoms with Crippen molar-refractivity contribution in [1.29, 1.82) is 0 Å². The summed E-state index contributed by atoms with van der Waals surface area (Å²) in [5, 5.41) is 1.91. The van der Waals surface area contributed by atoms with Crippen LogP contribution in [0, 0.1) is 12.3 Å². The van der Waals surface area contributed by atoms with Crippen molar-refractivity contribution >= 4 is 27.3 Å². The third-order valence-electron chi connectivity index (χ3n) is 2.87. The van der Waals surface area contributed by atoms with Gasteiger partial charge in [0.1, 0.15) is 4.70 Å². The smallest absolute Gasteiger partial charge is 0.271 e. The first kappa shape index (κ1) is 13.0. The molecule has 2 heterocycles. The lowest BCUT2D eigenvalue weighted by atomic mass is 9.91. The van der Waals surface area contributed by atoms with E-state index in [9.17, 15) is 9.59 Å². The number of ketones is 1. The molecule has 0 spiro atoms. The maximum atomic E-state index is 12.2. The van der Waals surface area contributed by atoms with Gasteiger partial charge in [0.05, 0.1) is 18.4 Å². The minimum Gasteiger partial charge on any atom is -0.297 e. The number of Topliss-reactive ketones (excluding diaryl/α,β-unsaturated/α-hetero) is 1. The lowest BCUT2D eigenvalue weighted by molar-refractivity contribution is -0.126. The molecule has 2 rings (SSSR count). The van der Waals surface area contributed by atoms with Crippen molar-refractivity contribution in [2.75, 3.05) is 0 Å². The van der Waals surface area contributed by atoms with Crippen LogP contribution < -0.4 is 5.56 Å². The number of hydrogen-bond acceptors (Lipinski definition) is 4. The highest BCUT2D eigenvalue weighted by Gasteiger charge is 2.22. The van der Waals surface area contributed by atoms with Crippen molar-refractivity contribution < 1.29 is 4.79 Å². The van der Waals surface area contributed by atoms with Crippen LogP contribution in [0.5, 0.6) is 0 Å². The van der Waals surface area contributed by atoms with Crippen LogP contribution in [0.25, 0.3) is 10.2 Å². The molecule has 2 aromatic heterocycles. The van der Waals surface area contributed by atoms with Crippen molar-refractivity contribution in [3.05, 3.63) is 27.6 Å². The second-order valence-corrected chi connectivity index (χ2v) is 6.33. The quantitative estimate of drug-likeness (QED) is 0.836. The van der Waals surface area contributed by atoms with Crippen molar-refractivity contribution in [2.24, 2.45) is 5.41 Å². The van der Waals surface area contributed by atoms with Crippen LogP contribution in [0.15, 0.2) is 16.5 Å². The number of nitrogens with zero attached hydrogens (tertiary/aromatic N) is 2. The molecule has 18 heavy (non-hydrogen) atoms. The zero-order valence-corrected chi connectivity index (χ0v) is 11.8. The van der Waals surface area contributed by atoms with Crippen LogP contribution in [0.3, 0.4) is 0 Å². The Morgan fingerprint density at radius 3 is 2.72 bits per heavy atom. The van der Waals surface area contributed by atoms with Crippen molar-refractivity contribution in [3.8, 4) is 0 Å². The van der Waals surface area contributed by atoms with E-state index >= 15 is 0 Å². The fraction of sp³-hybridized carbons (Fsp3) is 0.462. The summed E-state index contributed by atoms with van der Waals surface area (Å²) in [6.45, 7) is 7.56. The van der Waals surface area contributed by atoms with Gasteiger partial charge in [-0.05, 0) is 17.9 Å². The molecule has 0 radical (unpaired) electrons. The van der Waals surface area contributed by atoms with Crippen LogP contribution in [0.1, 0.15) is 26.3 Å². The Kier molecular flexibility index (Phi) is 3.11. The topological polar surface area (TPSA) is 52.0 Å². The van der Waals surface area contributed by atoms with Crippen molar-refractivity contribution in [2.45, 2.75) is 34.2 Å². The second-order valence-electron chi connectivity index (χ2n) is 5.45. The van der Waals surface area contributed by atoms with E-state index in [1.165, 1.54) is 22.2 Å². The summed E-state index contributed by atoms with van der Waals surface area (Å²) in [6.07, 6.45) is 1.47. The number of hydrogen-bond donors (Lipinski definition) is 0. The average molecular weight is 264 g/mol. The van der Waals surface area contributed by atoms with E-state index in [0.29, 0.717) is 4.70 Å². The monoisotopic (exact) mass is 264 g/mol. The number of aryl methyl sites for hydroxylation is 1. The van der Waals surface area contributed by atoms with Crippen LogP contribution in [-0.4, -0.2) is 15.3 Å². The molecule has 0 saturated heterocycles. The van der Waals surface area contributed by atoms with Crippen LogP contribution in [-0.2, 0) is 11.3 Å². The largest absolute Gasteiger partial charge is 0.297 e. The van der Waals surface area contributed by atoms with Crippen molar-refractivity contribution in [1.82, 2.24) is 9.55 Å². The number of rotatable bonds is 2. The first-order valence-electron chi connectivity index (χ1n) is 5.77. The highest BCUT2D eigenvalue weighted by atomic mass is 32.1. The van der Waals surface area contributed by atoms with Gasteiger partial charge in [0, 0.05) is 5.41 Å². The Hall–Kier alpha value is -1.49. The molecular formula is C13H16N2O2S. The lowest BCUT2D eigenvalue weighted by Crippen LogP contribution is -2.30. The van der Waals surface area contributed by atoms with Crippen molar-refractivity contribution in [3.63, 3.8) is 0 Å². The summed E-state index contributed by atoms with van der Waals surface area (Å²) in [4.78, 5) is 28.4. The molecule has 0 aliphatic rings. The number of carbonyl (C=O) groups is 1. The van der Waals surface area contributed by atoms with Gasteiger partial charge in [-0.15, -0.1) is 11.3 Å². The molecule has 0 N–H and O–H groups in total. The average Bonchev–Trinajstić information content (AvgIpc) is 2.64. The third-order valence-corrected chi connectivity index (χ3v) is 3.95. The second kappa shape index (κ2) is 4.31. The predicted octanol–water partition coefficient (Wildman–Crippen LogP) is 2.38. The fourth-order valence-electron chi connectivity index (χ4n) is 1.56. The Morgan fingerprint density at radius 2 is 2.11 bits per heavy atom. The summed E-state index contributed by atoms with van der Waals surface area (Å²) in [5.41, 5.74) is 1.17. The Balaban J connectivity index is 2.45. The number of carbonyl (C=O) groups excluding carboxylic acids is 1. The van der Waals surface area contributed by atoms with Crippen LogP contribution in [0.2, 0.25) is 0 Å². The van der Waals surface area contributed by atoms with Crippen LogP contribution >= 0.6 is 11.3 Å². The zero-order valence-electron chi connectivity index (χ0n) is 11.0. The molecule has 0 atom stereocenters. The Morgan fingerprint density at radius 1 is 1.44 bits per heavy atom. The first-order chi connectivity index (χ1) is 8.30. The first-order valence-corrected chi connectivity index (χ1v) is 6.65. The van der Waals surface area contributed by atoms with Gasteiger partial charge in [-0.25, -0.2) is 4.98 Å². The molecule has 0 aliphatic heterocycles. The Labute approximate surface area is 109 Å². The number of aromatic nitrogens is 2. The minimum atomic E-state index is -0.445. The van der Waals surface area contributed by atoms with E-state index in [1.807, 2.05) is 33.1 Å². The predicted molar refractivity (Wildman–Crippen MR) is 73.1 cm³/mol. The van der Waals surface area contributed by atoms with Gasteiger partial charge >= 0.3 is 0 Å². The number of fused-ring (bicyclic) bond motifs is 1. The molecule has 96 valence electrons. The molecular weight excluding hydrogens is 248 g/mol. The standard InChI is InChI=1S/C13H16N2O2S/c1-8-6-18-11-10(8)14-7-15(12(11)17)5-9(16)13(2,3)4/h6-7H,5H2,1-4H3. The molecule has 0 fully saturated rings. The molecule has 5 heteroatoms. The SMILES string of the molecule is Cc1csc2c(=O)n(CC(=O)C(C)(C)C)cnc12. The summed E-state index contributed by atoms with van der Waals surface area (Å²) in [5.74, 6) is 0.0269. The van der Waals surface area contributed by atoms with E-state index in [4.69, 9.17) is 0 Å². The maximum Gasteiger partial charge on any atom is 0.271 e. The summed E-state index contributed by atoms with van der Waals surface area (Å²) >= 11 is 1.38.